The Labute approximate surface area is 111 Å². The van der Waals surface area contributed by atoms with E-state index >= 15 is 0 Å². The SMILES string of the molecule is CC1CCCN(C(CCN)c2ccccc2)CC1. The van der Waals surface area contributed by atoms with E-state index in [-0.39, 0.29) is 0 Å². The summed E-state index contributed by atoms with van der Waals surface area (Å²) in [6.45, 7) is 5.60. The van der Waals surface area contributed by atoms with E-state index in [1.165, 1.54) is 37.9 Å². The van der Waals surface area contributed by atoms with Crippen molar-refractivity contribution in [1.82, 2.24) is 4.90 Å². The smallest absolute Gasteiger partial charge is 0.0360 e. The molecular weight excluding hydrogens is 220 g/mol. The molecule has 0 radical (unpaired) electrons. The van der Waals surface area contributed by atoms with Crippen molar-refractivity contribution >= 4 is 0 Å². The van der Waals surface area contributed by atoms with Gasteiger partial charge in [0, 0.05) is 6.04 Å². The van der Waals surface area contributed by atoms with E-state index in [1.807, 2.05) is 0 Å². The number of nitrogens with two attached hydrogens (primary N) is 1. The Morgan fingerprint density at radius 3 is 2.72 bits per heavy atom. The van der Waals surface area contributed by atoms with E-state index in [0.717, 1.165) is 18.9 Å². The van der Waals surface area contributed by atoms with Crippen molar-refractivity contribution in [3.63, 3.8) is 0 Å². The van der Waals surface area contributed by atoms with Gasteiger partial charge in [-0.1, -0.05) is 37.3 Å². The van der Waals surface area contributed by atoms with Gasteiger partial charge in [-0.2, -0.15) is 0 Å². The van der Waals surface area contributed by atoms with Crippen molar-refractivity contribution in [2.45, 2.75) is 38.6 Å². The van der Waals surface area contributed by atoms with Crippen LogP contribution in [0.2, 0.25) is 0 Å². The third-order valence-corrected chi connectivity index (χ3v) is 4.12. The molecule has 0 saturated carbocycles. The van der Waals surface area contributed by atoms with Gasteiger partial charge in [-0.25, -0.2) is 0 Å². The van der Waals surface area contributed by atoms with Crippen LogP contribution in [0.25, 0.3) is 0 Å². The van der Waals surface area contributed by atoms with E-state index < -0.39 is 0 Å². The van der Waals surface area contributed by atoms with E-state index in [2.05, 4.69) is 42.2 Å². The van der Waals surface area contributed by atoms with Crippen molar-refractivity contribution in [2.75, 3.05) is 19.6 Å². The Morgan fingerprint density at radius 2 is 2.00 bits per heavy atom. The van der Waals surface area contributed by atoms with Gasteiger partial charge in [0.15, 0.2) is 0 Å². The normalized spacial score (nSPS) is 23.6. The van der Waals surface area contributed by atoms with Crippen LogP contribution in [0.5, 0.6) is 0 Å². The monoisotopic (exact) mass is 246 g/mol. The molecule has 100 valence electrons. The molecule has 2 rings (SSSR count). The molecule has 2 heteroatoms. The van der Waals surface area contributed by atoms with Crippen LogP contribution in [0.4, 0.5) is 0 Å². The fourth-order valence-electron chi connectivity index (χ4n) is 2.99. The molecule has 0 amide bonds. The second kappa shape index (κ2) is 6.91. The fraction of sp³-hybridized carbons (Fsp3) is 0.625. The van der Waals surface area contributed by atoms with E-state index in [1.54, 1.807) is 0 Å². The number of benzene rings is 1. The zero-order valence-electron chi connectivity index (χ0n) is 11.5. The van der Waals surface area contributed by atoms with Crippen LogP contribution in [0.3, 0.4) is 0 Å². The molecule has 1 aliphatic heterocycles. The predicted octanol–water partition coefficient (Wildman–Crippen LogP) is 3.20. The quantitative estimate of drug-likeness (QED) is 0.884. The Hall–Kier alpha value is -0.860. The zero-order chi connectivity index (χ0) is 12.8. The van der Waals surface area contributed by atoms with Crippen molar-refractivity contribution in [3.8, 4) is 0 Å². The largest absolute Gasteiger partial charge is 0.330 e. The third-order valence-electron chi connectivity index (χ3n) is 4.12. The number of rotatable bonds is 4. The topological polar surface area (TPSA) is 29.3 Å². The summed E-state index contributed by atoms with van der Waals surface area (Å²) < 4.78 is 0. The van der Waals surface area contributed by atoms with Gasteiger partial charge in [0.2, 0.25) is 0 Å². The molecule has 1 aliphatic rings. The number of likely N-dealkylation sites (tertiary alicyclic amines) is 1. The molecule has 2 atom stereocenters. The summed E-state index contributed by atoms with van der Waals surface area (Å²) in [5.41, 5.74) is 7.24. The number of nitrogens with zero attached hydrogens (tertiary/aromatic N) is 1. The highest BCUT2D eigenvalue weighted by atomic mass is 15.2. The third kappa shape index (κ3) is 3.56. The van der Waals surface area contributed by atoms with Gasteiger partial charge < -0.3 is 5.73 Å². The molecule has 1 aromatic rings. The average Bonchev–Trinajstić information content (AvgIpc) is 2.62. The molecule has 1 fully saturated rings. The first-order chi connectivity index (χ1) is 8.81. The van der Waals surface area contributed by atoms with Crippen LogP contribution in [0.15, 0.2) is 30.3 Å². The number of hydrogen-bond donors (Lipinski definition) is 1. The van der Waals surface area contributed by atoms with Crippen molar-refractivity contribution < 1.29 is 0 Å². The minimum Gasteiger partial charge on any atom is -0.330 e. The standard InChI is InChI=1S/C16H26N2/c1-14-6-5-12-18(13-10-14)16(9-11-17)15-7-3-2-4-8-15/h2-4,7-8,14,16H,5-6,9-13,17H2,1H3. The zero-order valence-corrected chi connectivity index (χ0v) is 11.5. The first-order valence-electron chi connectivity index (χ1n) is 7.30. The second-order valence-electron chi connectivity index (χ2n) is 5.58. The van der Waals surface area contributed by atoms with Crippen LogP contribution < -0.4 is 5.73 Å². The molecule has 2 unspecified atom stereocenters. The van der Waals surface area contributed by atoms with Gasteiger partial charge in [0.1, 0.15) is 0 Å². The van der Waals surface area contributed by atoms with E-state index in [4.69, 9.17) is 5.73 Å². The van der Waals surface area contributed by atoms with Crippen molar-refractivity contribution in [2.24, 2.45) is 11.7 Å². The maximum atomic E-state index is 5.81. The first-order valence-corrected chi connectivity index (χ1v) is 7.30. The maximum absolute atomic E-state index is 5.81. The van der Waals surface area contributed by atoms with Gasteiger partial charge in [-0.15, -0.1) is 0 Å². The van der Waals surface area contributed by atoms with Crippen molar-refractivity contribution in [3.05, 3.63) is 35.9 Å². The minimum absolute atomic E-state index is 0.515. The molecule has 0 spiro atoms. The maximum Gasteiger partial charge on any atom is 0.0360 e. The van der Waals surface area contributed by atoms with Crippen LogP contribution in [0, 0.1) is 5.92 Å². The lowest BCUT2D eigenvalue weighted by atomic mass is 10.0. The Balaban J connectivity index is 2.09. The molecular formula is C16H26N2. The molecule has 1 saturated heterocycles. The molecule has 0 aliphatic carbocycles. The summed E-state index contributed by atoms with van der Waals surface area (Å²) >= 11 is 0. The highest BCUT2D eigenvalue weighted by molar-refractivity contribution is 5.19. The lowest BCUT2D eigenvalue weighted by Crippen LogP contribution is -2.31. The average molecular weight is 246 g/mol. The lowest BCUT2D eigenvalue weighted by molar-refractivity contribution is 0.195. The lowest BCUT2D eigenvalue weighted by Gasteiger charge is -2.31. The first kappa shape index (κ1) is 13.6. The summed E-state index contributed by atoms with van der Waals surface area (Å²) in [6.07, 6.45) is 5.10. The van der Waals surface area contributed by atoms with E-state index in [0.29, 0.717) is 6.04 Å². The Morgan fingerprint density at radius 1 is 1.22 bits per heavy atom. The Kier molecular flexibility index (Phi) is 5.21. The second-order valence-corrected chi connectivity index (χ2v) is 5.58. The molecule has 18 heavy (non-hydrogen) atoms. The number of hydrogen-bond acceptors (Lipinski definition) is 2. The van der Waals surface area contributed by atoms with Gasteiger partial charge in [0.25, 0.3) is 0 Å². The molecule has 1 aromatic carbocycles. The van der Waals surface area contributed by atoms with Crippen LogP contribution in [0.1, 0.15) is 44.2 Å². The minimum atomic E-state index is 0.515. The molecule has 1 heterocycles. The summed E-state index contributed by atoms with van der Waals surface area (Å²) in [6, 6.07) is 11.4. The highest BCUT2D eigenvalue weighted by Crippen LogP contribution is 2.28. The molecule has 2 N–H and O–H groups in total. The van der Waals surface area contributed by atoms with Crippen LogP contribution in [-0.2, 0) is 0 Å². The molecule has 2 nitrogen and oxygen atoms in total. The summed E-state index contributed by atoms with van der Waals surface area (Å²) in [5.74, 6) is 0.879. The summed E-state index contributed by atoms with van der Waals surface area (Å²) in [5, 5.41) is 0. The van der Waals surface area contributed by atoms with Crippen LogP contribution >= 0.6 is 0 Å². The Bertz CT molecular complexity index is 336. The summed E-state index contributed by atoms with van der Waals surface area (Å²) in [7, 11) is 0. The predicted molar refractivity (Wildman–Crippen MR) is 77.4 cm³/mol. The van der Waals surface area contributed by atoms with Crippen molar-refractivity contribution in [1.29, 1.82) is 0 Å². The van der Waals surface area contributed by atoms with Gasteiger partial charge >= 0.3 is 0 Å². The van der Waals surface area contributed by atoms with E-state index in [9.17, 15) is 0 Å². The molecule has 0 aromatic heterocycles. The van der Waals surface area contributed by atoms with Gasteiger partial charge in [-0.05, 0) is 56.8 Å². The highest BCUT2D eigenvalue weighted by Gasteiger charge is 2.22. The molecule has 0 bridgehead atoms. The van der Waals surface area contributed by atoms with Crippen LogP contribution in [-0.4, -0.2) is 24.5 Å². The fourth-order valence-corrected chi connectivity index (χ4v) is 2.99. The van der Waals surface area contributed by atoms with Gasteiger partial charge in [0.05, 0.1) is 0 Å². The van der Waals surface area contributed by atoms with Gasteiger partial charge in [-0.3, -0.25) is 4.90 Å². The summed E-state index contributed by atoms with van der Waals surface area (Å²) in [4.78, 5) is 2.64.